The van der Waals surface area contributed by atoms with Crippen LogP contribution in [0.2, 0.25) is 0 Å². The van der Waals surface area contributed by atoms with Crippen molar-refractivity contribution in [2.45, 2.75) is 87.4 Å². The summed E-state index contributed by atoms with van der Waals surface area (Å²) in [6.07, 6.45) is -14.4. The van der Waals surface area contributed by atoms with Gasteiger partial charge in [0.25, 0.3) is 0 Å². The summed E-state index contributed by atoms with van der Waals surface area (Å²) in [6, 6.07) is 47.0. The molecule has 2 heterocycles. The fourth-order valence-electron chi connectivity index (χ4n) is 9.63. The van der Waals surface area contributed by atoms with Crippen LogP contribution in [0.15, 0.2) is 169 Å². The average molecular weight is 1100 g/mol. The number of halogens is 1. The standard InChI is InChI=1S/C59H56ClN3O16/c1-36(64)69-34-47-51(79-59(67)73-33-46-44-24-14-12-22-42(44)43-23-13-15-25-45(43)46)53(71-31-37-16-6-3-7-17-37)50(62-63-61)57(75-47)78-52-48(35-70-49(65)30-60)76-58(74-41-28-26-40(68-2)27-29-41)55(77-56(66)39-20-10-5-11-21-39)54(52)72-32-38-18-8-4-9-19-38/h3-29,46-48,50-55,57-58H,30-35H2,1-2H3/t47-,48-,50-,51-,52-,53-,54+,55-,57-,58-/m1/s1. The number of rotatable bonds is 22. The van der Waals surface area contributed by atoms with Crippen LogP contribution >= 0.6 is 11.6 Å². The lowest BCUT2D eigenvalue weighted by molar-refractivity contribution is -0.343. The van der Waals surface area contributed by atoms with E-state index in [9.17, 15) is 24.7 Å². The van der Waals surface area contributed by atoms with E-state index in [2.05, 4.69) is 10.0 Å². The topological polar surface area (TPSA) is 228 Å². The molecule has 3 aliphatic rings. The lowest BCUT2D eigenvalue weighted by atomic mass is 9.95. The summed E-state index contributed by atoms with van der Waals surface area (Å²) >= 11 is 5.94. The van der Waals surface area contributed by atoms with E-state index in [1.165, 1.54) is 14.0 Å². The highest BCUT2D eigenvalue weighted by Crippen LogP contribution is 2.45. The van der Waals surface area contributed by atoms with Gasteiger partial charge in [0, 0.05) is 17.8 Å². The second-order valence-electron chi connectivity index (χ2n) is 18.4. The molecule has 1 aliphatic carbocycles. The van der Waals surface area contributed by atoms with E-state index in [0.29, 0.717) is 16.9 Å². The number of carbonyl (C=O) groups excluding carboxylic acids is 4. The monoisotopic (exact) mass is 1100 g/mol. The first kappa shape index (κ1) is 55.7. The zero-order chi connectivity index (χ0) is 55.1. The van der Waals surface area contributed by atoms with Crippen LogP contribution < -0.4 is 9.47 Å². The highest BCUT2D eigenvalue weighted by Gasteiger charge is 2.56. The van der Waals surface area contributed by atoms with Crippen LogP contribution in [0.1, 0.15) is 45.5 Å². The first-order valence-corrected chi connectivity index (χ1v) is 25.9. The summed E-state index contributed by atoms with van der Waals surface area (Å²) in [5, 5.41) is 4.15. The maximum Gasteiger partial charge on any atom is 0.508 e. The van der Waals surface area contributed by atoms with Gasteiger partial charge >= 0.3 is 24.1 Å². The van der Waals surface area contributed by atoms with Crippen molar-refractivity contribution in [1.82, 2.24) is 0 Å². The van der Waals surface area contributed by atoms with Crippen molar-refractivity contribution in [2.75, 3.05) is 32.8 Å². The van der Waals surface area contributed by atoms with Gasteiger partial charge in [-0.05, 0) is 75.3 Å². The van der Waals surface area contributed by atoms with Crippen molar-refractivity contribution in [3.05, 3.63) is 202 Å². The Morgan fingerprint density at radius 2 is 1.13 bits per heavy atom. The Morgan fingerprint density at radius 1 is 0.582 bits per heavy atom. The van der Waals surface area contributed by atoms with Crippen molar-refractivity contribution in [3.8, 4) is 22.6 Å². The van der Waals surface area contributed by atoms with E-state index < -0.39 is 105 Å². The van der Waals surface area contributed by atoms with Crippen molar-refractivity contribution in [2.24, 2.45) is 5.11 Å². The largest absolute Gasteiger partial charge is 0.508 e. The van der Waals surface area contributed by atoms with Crippen LogP contribution in [0.4, 0.5) is 4.79 Å². The van der Waals surface area contributed by atoms with E-state index >= 15 is 0 Å². The van der Waals surface area contributed by atoms with Crippen LogP contribution in [0.25, 0.3) is 21.6 Å². The minimum absolute atomic E-state index is 0.104. The molecule has 410 valence electrons. The Balaban J connectivity index is 1.09. The van der Waals surface area contributed by atoms with Gasteiger partial charge in [0.05, 0.1) is 25.9 Å². The molecule has 6 aromatic rings. The minimum atomic E-state index is -1.70. The number of hydrogen-bond donors (Lipinski definition) is 0. The highest BCUT2D eigenvalue weighted by molar-refractivity contribution is 6.26. The maximum absolute atomic E-state index is 14.2. The molecular formula is C59H56ClN3O16. The number of hydrogen-bond acceptors (Lipinski definition) is 17. The van der Waals surface area contributed by atoms with Gasteiger partial charge in [-0.25, -0.2) is 9.59 Å². The Labute approximate surface area is 460 Å². The molecule has 0 spiro atoms. The Hall–Kier alpha value is -8.00. The van der Waals surface area contributed by atoms with E-state index in [4.69, 9.17) is 68.4 Å². The molecule has 0 unspecified atom stereocenters. The predicted octanol–water partition coefficient (Wildman–Crippen LogP) is 9.66. The van der Waals surface area contributed by atoms with Crippen molar-refractivity contribution in [3.63, 3.8) is 0 Å². The number of benzene rings is 6. The third-order valence-corrected chi connectivity index (χ3v) is 13.6. The molecule has 0 bridgehead atoms. The van der Waals surface area contributed by atoms with Gasteiger partial charge in [0.15, 0.2) is 18.5 Å². The Morgan fingerprint density at radius 3 is 1.72 bits per heavy atom. The first-order valence-electron chi connectivity index (χ1n) is 25.4. The number of carbonyl (C=O) groups is 4. The van der Waals surface area contributed by atoms with Crippen LogP contribution in [-0.2, 0) is 70.2 Å². The van der Waals surface area contributed by atoms with Gasteiger partial charge in [0.1, 0.15) is 73.8 Å². The van der Waals surface area contributed by atoms with Crippen LogP contribution in [0, 0.1) is 0 Å². The summed E-state index contributed by atoms with van der Waals surface area (Å²) in [5.41, 5.74) is 15.9. The third-order valence-electron chi connectivity index (χ3n) is 13.3. The third kappa shape index (κ3) is 14.0. The predicted molar refractivity (Wildman–Crippen MR) is 283 cm³/mol. The van der Waals surface area contributed by atoms with Gasteiger partial charge in [0.2, 0.25) is 6.29 Å². The molecule has 0 saturated carbocycles. The minimum Gasteiger partial charge on any atom is -0.497 e. The number of fused-ring (bicyclic) bond motifs is 3. The fourth-order valence-corrected chi connectivity index (χ4v) is 9.71. The molecule has 0 amide bonds. The van der Waals surface area contributed by atoms with Crippen LogP contribution in [-0.4, -0.2) is 118 Å². The van der Waals surface area contributed by atoms with Gasteiger partial charge in [-0.2, -0.15) is 0 Å². The number of nitrogens with zero attached hydrogens (tertiary/aromatic N) is 3. The van der Waals surface area contributed by atoms with E-state index in [1.807, 2.05) is 84.9 Å². The summed E-state index contributed by atoms with van der Waals surface area (Å²) in [5.74, 6) is -2.38. The quantitative estimate of drug-likeness (QED) is 0.0154. The second-order valence-corrected chi connectivity index (χ2v) is 18.7. The Kier molecular flexibility index (Phi) is 19.1. The molecule has 19 nitrogen and oxygen atoms in total. The molecule has 0 N–H and O–H groups in total. The molecule has 6 aromatic carbocycles. The van der Waals surface area contributed by atoms with Crippen molar-refractivity contribution < 1.29 is 76.0 Å². The number of azide groups is 1. The normalized spacial score (nSPS) is 23.1. The van der Waals surface area contributed by atoms with E-state index in [1.54, 1.807) is 78.9 Å². The van der Waals surface area contributed by atoms with E-state index in [-0.39, 0.29) is 37.1 Å². The van der Waals surface area contributed by atoms with Gasteiger partial charge < -0.3 is 56.8 Å². The molecule has 0 aromatic heterocycles. The molecular weight excluding hydrogens is 1040 g/mol. The van der Waals surface area contributed by atoms with Crippen LogP contribution in [0.3, 0.4) is 0 Å². The summed E-state index contributed by atoms with van der Waals surface area (Å²) < 4.78 is 75.0. The highest BCUT2D eigenvalue weighted by atomic mass is 35.5. The molecule has 9 rings (SSSR count). The fraction of sp³-hybridized carbons (Fsp3) is 0.322. The summed E-state index contributed by atoms with van der Waals surface area (Å²) in [4.78, 5) is 57.0. The maximum atomic E-state index is 14.2. The number of methoxy groups -OCH3 is 1. The van der Waals surface area contributed by atoms with Crippen molar-refractivity contribution in [1.29, 1.82) is 0 Å². The number of alkyl halides is 1. The molecule has 20 heteroatoms. The number of ether oxygens (including phenoxy) is 12. The number of esters is 3. The molecule has 10 atom stereocenters. The summed E-state index contributed by atoms with van der Waals surface area (Å²) in [7, 11) is 1.51. The zero-order valence-electron chi connectivity index (χ0n) is 42.9. The molecule has 2 fully saturated rings. The molecule has 0 radical (unpaired) electrons. The van der Waals surface area contributed by atoms with Gasteiger partial charge in [-0.3, -0.25) is 9.59 Å². The lowest BCUT2D eigenvalue weighted by Gasteiger charge is -2.49. The molecule has 79 heavy (non-hydrogen) atoms. The SMILES string of the molecule is COc1ccc(O[C@@H]2O[C@H](COC(=O)CCl)[C@@H](O[C@H]3O[C@H](COC(C)=O)[C@@H](OC(=O)OCC4c5ccccc5-c5ccccc54)[C@H](OCc4ccccc4)[C@H]3N=[N+]=[N-])[C@H](OCc3ccccc3)[C@H]2OC(=O)c2ccccc2)cc1. The van der Waals surface area contributed by atoms with Gasteiger partial charge in [-0.15, -0.1) is 11.6 Å². The second kappa shape index (κ2) is 27.0. The first-order chi connectivity index (χ1) is 38.6. The summed E-state index contributed by atoms with van der Waals surface area (Å²) in [6.45, 7) is -0.224. The van der Waals surface area contributed by atoms with Gasteiger partial charge in [-0.1, -0.05) is 133 Å². The smallest absolute Gasteiger partial charge is 0.497 e. The molecule has 2 saturated heterocycles. The Bertz CT molecular complexity index is 3000. The average Bonchev–Trinajstić information content (AvgIpc) is 4.01. The lowest BCUT2D eigenvalue weighted by Crippen LogP contribution is -2.66. The molecule has 2 aliphatic heterocycles. The van der Waals surface area contributed by atoms with Crippen LogP contribution in [0.5, 0.6) is 11.5 Å². The van der Waals surface area contributed by atoms with Crippen molar-refractivity contribution >= 4 is 35.7 Å². The van der Waals surface area contributed by atoms with E-state index in [0.717, 1.165) is 22.3 Å². The zero-order valence-corrected chi connectivity index (χ0v) is 43.7.